The number of amides is 2. The van der Waals surface area contributed by atoms with Gasteiger partial charge in [0, 0.05) is 13.6 Å². The number of nitrogens with one attached hydrogen (secondary N) is 1. The Labute approximate surface area is 119 Å². The van der Waals surface area contributed by atoms with Gasteiger partial charge < -0.3 is 15.3 Å². The molecule has 1 saturated carbocycles. The van der Waals surface area contributed by atoms with Crippen LogP contribution in [0.1, 0.15) is 39.5 Å². The molecule has 0 aromatic carbocycles. The van der Waals surface area contributed by atoms with Crippen LogP contribution in [0.2, 0.25) is 0 Å². The lowest BCUT2D eigenvalue weighted by Crippen LogP contribution is -2.59. The monoisotopic (exact) mass is 281 g/mol. The molecule has 0 saturated heterocycles. The molecule has 1 rings (SSSR count). The molecular weight excluding hydrogens is 258 g/mol. The summed E-state index contributed by atoms with van der Waals surface area (Å²) in [4.78, 5) is 25.1. The summed E-state index contributed by atoms with van der Waals surface area (Å²) in [6.45, 7) is 4.01. The second-order valence-corrected chi connectivity index (χ2v) is 5.93. The Balaban J connectivity index is 2.74. The standard InChI is InChI=1S/C14H23N3O3/c1-10-5-4-6-14(7-10,12(18)19)16-13(20)17(3)9-11(2)8-15/h10-11H,4-7,9H2,1-3H3,(H,16,20)(H,18,19). The first-order valence-corrected chi connectivity index (χ1v) is 6.97. The van der Waals surface area contributed by atoms with E-state index in [1.165, 1.54) is 4.90 Å². The highest BCUT2D eigenvalue weighted by Gasteiger charge is 2.43. The van der Waals surface area contributed by atoms with Crippen LogP contribution in [0.25, 0.3) is 0 Å². The Morgan fingerprint density at radius 2 is 2.25 bits per heavy atom. The molecule has 2 amide bonds. The summed E-state index contributed by atoms with van der Waals surface area (Å²) in [5.74, 6) is -0.973. The number of carboxylic acids is 1. The first-order chi connectivity index (χ1) is 9.30. The quantitative estimate of drug-likeness (QED) is 0.822. The maximum Gasteiger partial charge on any atom is 0.329 e. The number of hydrogen-bond acceptors (Lipinski definition) is 3. The van der Waals surface area contributed by atoms with Gasteiger partial charge in [-0.1, -0.05) is 19.8 Å². The second kappa shape index (κ2) is 6.60. The van der Waals surface area contributed by atoms with Crippen molar-refractivity contribution in [1.29, 1.82) is 5.26 Å². The van der Waals surface area contributed by atoms with Crippen molar-refractivity contribution in [1.82, 2.24) is 10.2 Å². The fraction of sp³-hybridized carbons (Fsp3) is 0.786. The summed E-state index contributed by atoms with van der Waals surface area (Å²) in [6.07, 6.45) is 2.70. The Hall–Kier alpha value is -1.77. The van der Waals surface area contributed by atoms with Crippen LogP contribution >= 0.6 is 0 Å². The van der Waals surface area contributed by atoms with Crippen LogP contribution in [-0.4, -0.2) is 41.1 Å². The highest BCUT2D eigenvalue weighted by Crippen LogP contribution is 2.32. The van der Waals surface area contributed by atoms with E-state index >= 15 is 0 Å². The molecule has 0 aliphatic heterocycles. The van der Waals surface area contributed by atoms with Crippen molar-refractivity contribution in [2.24, 2.45) is 11.8 Å². The molecule has 0 aromatic rings. The van der Waals surface area contributed by atoms with Crippen molar-refractivity contribution in [3.63, 3.8) is 0 Å². The number of nitrogens with zero attached hydrogens (tertiary/aromatic N) is 2. The van der Waals surface area contributed by atoms with Crippen LogP contribution in [0.5, 0.6) is 0 Å². The zero-order valence-electron chi connectivity index (χ0n) is 12.3. The van der Waals surface area contributed by atoms with Crippen molar-refractivity contribution in [3.8, 4) is 6.07 Å². The van der Waals surface area contributed by atoms with Crippen molar-refractivity contribution >= 4 is 12.0 Å². The normalized spacial score (nSPS) is 27.2. The molecule has 6 nitrogen and oxygen atoms in total. The van der Waals surface area contributed by atoms with Crippen LogP contribution in [-0.2, 0) is 4.79 Å². The molecule has 20 heavy (non-hydrogen) atoms. The maximum absolute atomic E-state index is 12.1. The molecule has 1 aliphatic carbocycles. The number of urea groups is 1. The predicted octanol–water partition coefficient (Wildman–Crippen LogP) is 1.82. The maximum atomic E-state index is 12.1. The van der Waals surface area contributed by atoms with Crippen LogP contribution in [0.4, 0.5) is 4.79 Å². The number of carbonyl (C=O) groups is 2. The molecule has 1 fully saturated rings. The number of hydrogen-bond donors (Lipinski definition) is 2. The summed E-state index contributed by atoms with van der Waals surface area (Å²) in [6, 6.07) is 1.63. The number of carboxylic acid groups (broad SMARTS) is 1. The van der Waals surface area contributed by atoms with E-state index in [1.54, 1.807) is 14.0 Å². The van der Waals surface area contributed by atoms with Crippen LogP contribution < -0.4 is 5.32 Å². The van der Waals surface area contributed by atoms with Gasteiger partial charge in [0.25, 0.3) is 0 Å². The van der Waals surface area contributed by atoms with E-state index in [1.807, 2.05) is 6.92 Å². The van der Waals surface area contributed by atoms with Crippen molar-refractivity contribution in [2.45, 2.75) is 45.1 Å². The van der Waals surface area contributed by atoms with Crippen LogP contribution in [0, 0.1) is 23.2 Å². The molecule has 0 bridgehead atoms. The SMILES string of the molecule is CC(C#N)CN(C)C(=O)NC1(C(=O)O)CCCC(C)C1. The minimum Gasteiger partial charge on any atom is -0.480 e. The lowest BCUT2D eigenvalue weighted by molar-refractivity contribution is -0.146. The van der Waals surface area contributed by atoms with Gasteiger partial charge in [-0.15, -0.1) is 0 Å². The van der Waals surface area contributed by atoms with Crippen LogP contribution in [0.3, 0.4) is 0 Å². The molecule has 112 valence electrons. The van der Waals surface area contributed by atoms with E-state index in [0.717, 1.165) is 12.8 Å². The predicted molar refractivity (Wildman–Crippen MR) is 73.9 cm³/mol. The van der Waals surface area contributed by atoms with E-state index < -0.39 is 17.5 Å². The Morgan fingerprint density at radius 1 is 1.60 bits per heavy atom. The highest BCUT2D eigenvalue weighted by molar-refractivity contribution is 5.86. The number of carbonyl (C=O) groups excluding carboxylic acids is 1. The smallest absolute Gasteiger partial charge is 0.329 e. The summed E-state index contributed by atoms with van der Waals surface area (Å²) in [7, 11) is 1.57. The average Bonchev–Trinajstić information content (AvgIpc) is 2.38. The average molecular weight is 281 g/mol. The Morgan fingerprint density at radius 3 is 2.75 bits per heavy atom. The van der Waals surface area contributed by atoms with E-state index in [-0.39, 0.29) is 18.4 Å². The molecule has 0 spiro atoms. The van der Waals surface area contributed by atoms with Crippen molar-refractivity contribution in [3.05, 3.63) is 0 Å². The third-order valence-electron chi connectivity index (χ3n) is 3.87. The van der Waals surface area contributed by atoms with E-state index in [4.69, 9.17) is 5.26 Å². The van der Waals surface area contributed by atoms with Gasteiger partial charge in [-0.3, -0.25) is 0 Å². The lowest BCUT2D eigenvalue weighted by Gasteiger charge is -2.38. The molecule has 1 aliphatic rings. The zero-order chi connectivity index (χ0) is 15.3. The Bertz CT molecular complexity index is 418. The summed E-state index contributed by atoms with van der Waals surface area (Å²) in [5.41, 5.74) is -1.17. The van der Waals surface area contributed by atoms with E-state index in [2.05, 4.69) is 11.4 Å². The first kappa shape index (κ1) is 16.3. The van der Waals surface area contributed by atoms with Gasteiger partial charge in [-0.25, -0.2) is 9.59 Å². The molecular formula is C14H23N3O3. The van der Waals surface area contributed by atoms with Gasteiger partial charge in [0.15, 0.2) is 0 Å². The topological polar surface area (TPSA) is 93.4 Å². The summed E-state index contributed by atoms with van der Waals surface area (Å²) < 4.78 is 0. The lowest BCUT2D eigenvalue weighted by atomic mass is 9.76. The largest absolute Gasteiger partial charge is 0.480 e. The number of rotatable bonds is 4. The summed E-state index contributed by atoms with van der Waals surface area (Å²) >= 11 is 0. The third-order valence-corrected chi connectivity index (χ3v) is 3.87. The summed E-state index contributed by atoms with van der Waals surface area (Å²) in [5, 5.41) is 20.9. The minimum atomic E-state index is -1.17. The molecule has 0 heterocycles. The fourth-order valence-corrected chi connectivity index (χ4v) is 2.75. The van der Waals surface area contributed by atoms with Gasteiger partial charge in [-0.2, -0.15) is 5.26 Å². The zero-order valence-corrected chi connectivity index (χ0v) is 12.3. The Kier molecular flexibility index (Phi) is 5.37. The molecule has 2 N–H and O–H groups in total. The van der Waals surface area contributed by atoms with Crippen molar-refractivity contribution in [2.75, 3.05) is 13.6 Å². The minimum absolute atomic E-state index is 0.281. The van der Waals surface area contributed by atoms with Gasteiger partial charge >= 0.3 is 12.0 Å². The molecule has 3 unspecified atom stereocenters. The van der Waals surface area contributed by atoms with Crippen molar-refractivity contribution < 1.29 is 14.7 Å². The van der Waals surface area contributed by atoms with Gasteiger partial charge in [0.1, 0.15) is 5.54 Å². The molecule has 3 atom stereocenters. The third kappa shape index (κ3) is 3.86. The van der Waals surface area contributed by atoms with Gasteiger partial charge in [-0.05, 0) is 25.7 Å². The first-order valence-electron chi connectivity index (χ1n) is 6.97. The van der Waals surface area contributed by atoms with Gasteiger partial charge in [0.05, 0.1) is 12.0 Å². The molecule has 0 aromatic heterocycles. The molecule has 6 heteroatoms. The van der Waals surface area contributed by atoms with E-state index in [0.29, 0.717) is 12.8 Å². The number of nitriles is 1. The van der Waals surface area contributed by atoms with Crippen LogP contribution in [0.15, 0.2) is 0 Å². The highest BCUT2D eigenvalue weighted by atomic mass is 16.4. The second-order valence-electron chi connectivity index (χ2n) is 5.93. The fourth-order valence-electron chi connectivity index (χ4n) is 2.75. The number of aliphatic carboxylic acids is 1. The van der Waals surface area contributed by atoms with E-state index in [9.17, 15) is 14.7 Å². The molecule has 0 radical (unpaired) electrons. The van der Waals surface area contributed by atoms with Gasteiger partial charge in [0.2, 0.25) is 0 Å².